The Morgan fingerprint density at radius 1 is 1.37 bits per heavy atom. The molecule has 0 saturated heterocycles. The molecule has 6 heteroatoms. The molecule has 106 valence electrons. The van der Waals surface area contributed by atoms with Gasteiger partial charge in [0.2, 0.25) is 0 Å². The molecule has 0 spiro atoms. The smallest absolute Gasteiger partial charge is 0.337 e. The van der Waals surface area contributed by atoms with Crippen molar-refractivity contribution in [2.75, 3.05) is 51.2 Å². The fourth-order valence-electron chi connectivity index (χ4n) is 1.74. The van der Waals surface area contributed by atoms with E-state index in [1.807, 2.05) is 4.90 Å². The third-order valence-electron chi connectivity index (χ3n) is 2.73. The van der Waals surface area contributed by atoms with Crippen LogP contribution in [0, 0.1) is 0 Å². The SMILES string of the molecule is COCCN(CCO)c1cc(C(=O)OC)ccc1N. The Hall–Kier alpha value is -1.79. The average molecular weight is 268 g/mol. The Labute approximate surface area is 112 Å². The fourth-order valence-corrected chi connectivity index (χ4v) is 1.74. The number of esters is 1. The van der Waals surface area contributed by atoms with Gasteiger partial charge in [0.1, 0.15) is 0 Å². The molecule has 1 rings (SSSR count). The van der Waals surface area contributed by atoms with E-state index < -0.39 is 5.97 Å². The standard InChI is InChI=1S/C13H20N2O4/c1-18-8-6-15(5-7-16)12-9-10(13(17)19-2)3-4-11(12)14/h3-4,9,16H,5-8,14H2,1-2H3. The van der Waals surface area contributed by atoms with E-state index in [-0.39, 0.29) is 6.61 Å². The summed E-state index contributed by atoms with van der Waals surface area (Å²) in [4.78, 5) is 13.4. The van der Waals surface area contributed by atoms with Crippen LogP contribution in [0.1, 0.15) is 10.4 Å². The molecule has 0 amide bonds. The van der Waals surface area contributed by atoms with Crippen LogP contribution in [0.15, 0.2) is 18.2 Å². The number of methoxy groups -OCH3 is 2. The number of nitrogen functional groups attached to an aromatic ring is 1. The van der Waals surface area contributed by atoms with Crippen LogP contribution in [0.5, 0.6) is 0 Å². The van der Waals surface area contributed by atoms with Crippen molar-refractivity contribution in [1.29, 1.82) is 0 Å². The van der Waals surface area contributed by atoms with Crippen molar-refractivity contribution in [2.45, 2.75) is 0 Å². The number of nitrogens with two attached hydrogens (primary N) is 1. The van der Waals surface area contributed by atoms with Gasteiger partial charge in [-0.2, -0.15) is 0 Å². The maximum absolute atomic E-state index is 11.5. The molecule has 0 atom stereocenters. The fraction of sp³-hybridized carbons (Fsp3) is 0.462. The zero-order valence-corrected chi connectivity index (χ0v) is 11.3. The van der Waals surface area contributed by atoms with E-state index in [0.717, 1.165) is 0 Å². The number of aliphatic hydroxyl groups excluding tert-OH is 1. The topological polar surface area (TPSA) is 85.0 Å². The van der Waals surface area contributed by atoms with E-state index in [1.165, 1.54) is 7.11 Å². The van der Waals surface area contributed by atoms with Crippen LogP contribution >= 0.6 is 0 Å². The van der Waals surface area contributed by atoms with Crippen LogP contribution in [0.4, 0.5) is 11.4 Å². The van der Waals surface area contributed by atoms with Crippen molar-refractivity contribution in [1.82, 2.24) is 0 Å². The van der Waals surface area contributed by atoms with Crippen molar-refractivity contribution >= 4 is 17.3 Å². The summed E-state index contributed by atoms with van der Waals surface area (Å²) < 4.78 is 9.70. The zero-order valence-electron chi connectivity index (χ0n) is 11.3. The van der Waals surface area contributed by atoms with Gasteiger partial charge in [-0.1, -0.05) is 0 Å². The minimum Gasteiger partial charge on any atom is -0.465 e. The second-order valence-corrected chi connectivity index (χ2v) is 3.97. The molecule has 3 N–H and O–H groups in total. The van der Waals surface area contributed by atoms with E-state index in [4.69, 9.17) is 15.6 Å². The van der Waals surface area contributed by atoms with Gasteiger partial charge in [0.05, 0.1) is 37.3 Å². The Morgan fingerprint density at radius 2 is 2.11 bits per heavy atom. The van der Waals surface area contributed by atoms with Gasteiger partial charge in [-0.25, -0.2) is 4.79 Å². The normalized spacial score (nSPS) is 10.3. The van der Waals surface area contributed by atoms with E-state index in [2.05, 4.69) is 4.74 Å². The van der Waals surface area contributed by atoms with Crippen molar-refractivity contribution in [2.24, 2.45) is 0 Å². The number of ether oxygens (including phenoxy) is 2. The van der Waals surface area contributed by atoms with Gasteiger partial charge in [-0.15, -0.1) is 0 Å². The van der Waals surface area contributed by atoms with Gasteiger partial charge in [0.15, 0.2) is 0 Å². The Balaban J connectivity index is 3.02. The first-order valence-electron chi connectivity index (χ1n) is 5.96. The van der Waals surface area contributed by atoms with Crippen molar-refractivity contribution < 1.29 is 19.4 Å². The molecule has 0 aromatic heterocycles. The van der Waals surface area contributed by atoms with E-state index in [1.54, 1.807) is 25.3 Å². The molecule has 0 fully saturated rings. The third kappa shape index (κ3) is 4.11. The first-order valence-corrected chi connectivity index (χ1v) is 5.96. The Kier molecular flexibility index (Phi) is 6.11. The predicted molar refractivity (Wildman–Crippen MR) is 73.4 cm³/mol. The molecular weight excluding hydrogens is 248 g/mol. The number of carbonyl (C=O) groups excluding carboxylic acids is 1. The largest absolute Gasteiger partial charge is 0.465 e. The van der Waals surface area contributed by atoms with Crippen LogP contribution in [0.2, 0.25) is 0 Å². The first-order chi connectivity index (χ1) is 9.13. The van der Waals surface area contributed by atoms with Crippen LogP contribution in [0.3, 0.4) is 0 Å². The van der Waals surface area contributed by atoms with Gasteiger partial charge in [-0.05, 0) is 18.2 Å². The average Bonchev–Trinajstić information content (AvgIpc) is 2.43. The van der Waals surface area contributed by atoms with E-state index in [9.17, 15) is 4.79 Å². The predicted octanol–water partition coefficient (Wildman–Crippen LogP) is 0.500. The number of hydrogen-bond donors (Lipinski definition) is 2. The summed E-state index contributed by atoms with van der Waals surface area (Å²) in [6.07, 6.45) is 0. The van der Waals surface area contributed by atoms with Crippen molar-refractivity contribution in [3.63, 3.8) is 0 Å². The summed E-state index contributed by atoms with van der Waals surface area (Å²) >= 11 is 0. The second-order valence-electron chi connectivity index (χ2n) is 3.97. The molecule has 0 heterocycles. The molecule has 6 nitrogen and oxygen atoms in total. The lowest BCUT2D eigenvalue weighted by molar-refractivity contribution is 0.0601. The summed E-state index contributed by atoms with van der Waals surface area (Å²) in [5.74, 6) is -0.420. The molecule has 19 heavy (non-hydrogen) atoms. The lowest BCUT2D eigenvalue weighted by Gasteiger charge is -2.25. The molecule has 0 unspecified atom stereocenters. The number of nitrogens with zero attached hydrogens (tertiary/aromatic N) is 1. The van der Waals surface area contributed by atoms with Gasteiger partial charge < -0.3 is 25.2 Å². The highest BCUT2D eigenvalue weighted by Gasteiger charge is 2.13. The summed E-state index contributed by atoms with van der Waals surface area (Å²) in [5.41, 5.74) is 7.57. The summed E-state index contributed by atoms with van der Waals surface area (Å²) in [7, 11) is 2.93. The van der Waals surface area contributed by atoms with Gasteiger partial charge in [-0.3, -0.25) is 0 Å². The first kappa shape index (κ1) is 15.3. The second kappa shape index (κ2) is 7.60. The molecule has 0 saturated carbocycles. The van der Waals surface area contributed by atoms with Crippen LogP contribution < -0.4 is 10.6 Å². The zero-order chi connectivity index (χ0) is 14.3. The lowest BCUT2D eigenvalue weighted by Crippen LogP contribution is -2.31. The van der Waals surface area contributed by atoms with Crippen molar-refractivity contribution in [3.05, 3.63) is 23.8 Å². The molecule has 0 aliphatic rings. The summed E-state index contributed by atoms with van der Waals surface area (Å²) in [5, 5.41) is 9.10. The molecule has 0 aliphatic heterocycles. The minimum absolute atomic E-state index is 0.00833. The molecule has 1 aromatic rings. The molecule has 1 aromatic carbocycles. The highest BCUT2D eigenvalue weighted by Crippen LogP contribution is 2.24. The minimum atomic E-state index is -0.420. The van der Waals surface area contributed by atoms with Crippen LogP contribution in [-0.4, -0.2) is 51.6 Å². The number of hydrogen-bond acceptors (Lipinski definition) is 6. The number of carbonyl (C=O) groups is 1. The van der Waals surface area contributed by atoms with E-state index >= 15 is 0 Å². The quantitative estimate of drug-likeness (QED) is 0.553. The lowest BCUT2D eigenvalue weighted by atomic mass is 10.1. The monoisotopic (exact) mass is 268 g/mol. The van der Waals surface area contributed by atoms with Gasteiger partial charge in [0, 0.05) is 20.2 Å². The van der Waals surface area contributed by atoms with Crippen LogP contribution in [-0.2, 0) is 9.47 Å². The van der Waals surface area contributed by atoms with Crippen LogP contribution in [0.25, 0.3) is 0 Å². The van der Waals surface area contributed by atoms with Gasteiger partial charge >= 0.3 is 5.97 Å². The third-order valence-corrected chi connectivity index (χ3v) is 2.73. The highest BCUT2D eigenvalue weighted by molar-refractivity contribution is 5.92. The highest BCUT2D eigenvalue weighted by atomic mass is 16.5. The van der Waals surface area contributed by atoms with Gasteiger partial charge in [0.25, 0.3) is 0 Å². The summed E-state index contributed by atoms with van der Waals surface area (Å²) in [6.45, 7) is 1.48. The molecular formula is C13H20N2O4. The number of anilines is 2. The molecule has 0 aliphatic carbocycles. The number of rotatable bonds is 7. The Morgan fingerprint density at radius 3 is 2.68 bits per heavy atom. The Bertz CT molecular complexity index is 423. The maximum atomic E-state index is 11.5. The van der Waals surface area contributed by atoms with E-state index in [0.29, 0.717) is 36.6 Å². The molecule has 0 bridgehead atoms. The van der Waals surface area contributed by atoms with Crippen molar-refractivity contribution in [3.8, 4) is 0 Å². The summed E-state index contributed by atoms with van der Waals surface area (Å²) in [6, 6.07) is 4.92. The molecule has 0 radical (unpaired) electrons. The number of aliphatic hydroxyl groups is 1. The maximum Gasteiger partial charge on any atom is 0.337 e. The number of benzene rings is 1.